The lowest BCUT2D eigenvalue weighted by atomic mass is 10.1. The summed E-state index contributed by atoms with van der Waals surface area (Å²) in [4.78, 5) is 3.74. The standard InChI is InChI=1S/C10H14N4S/c1-2-7-5-3-4-6-8(7)13-10(15)14-9(11)12/h3-6H,2H2,1H3,(H5,11,12,13,14,15). The Kier molecular flexibility index (Phi) is 4.05. The van der Waals surface area contributed by atoms with Crippen LogP contribution in [0.15, 0.2) is 29.3 Å². The number of aliphatic imine (C=N–C) groups is 1. The van der Waals surface area contributed by atoms with Crippen LogP contribution in [0.1, 0.15) is 12.5 Å². The maximum absolute atomic E-state index is 5.22. The number of nitrogens with two attached hydrogens (primary N) is 2. The van der Waals surface area contributed by atoms with Crippen molar-refractivity contribution in [2.45, 2.75) is 13.3 Å². The van der Waals surface area contributed by atoms with Crippen LogP contribution in [0.4, 0.5) is 5.69 Å². The maximum Gasteiger partial charge on any atom is 0.200 e. The number of hydrogen-bond acceptors (Lipinski definition) is 1. The smallest absolute Gasteiger partial charge is 0.200 e. The molecule has 5 heteroatoms. The van der Waals surface area contributed by atoms with Crippen molar-refractivity contribution in [3.63, 3.8) is 0 Å². The van der Waals surface area contributed by atoms with Gasteiger partial charge in [-0.2, -0.15) is 4.99 Å². The molecule has 0 atom stereocenters. The molecule has 0 fully saturated rings. The number of nitrogens with zero attached hydrogens (tertiary/aromatic N) is 1. The molecule has 0 saturated heterocycles. The van der Waals surface area contributed by atoms with Crippen molar-refractivity contribution in [2.24, 2.45) is 16.5 Å². The highest BCUT2D eigenvalue weighted by Gasteiger charge is 2.00. The fraction of sp³-hybridized carbons (Fsp3) is 0.200. The Morgan fingerprint density at radius 2 is 2.07 bits per heavy atom. The fourth-order valence-corrected chi connectivity index (χ4v) is 1.43. The van der Waals surface area contributed by atoms with Crippen LogP contribution in [0, 0.1) is 0 Å². The van der Waals surface area contributed by atoms with E-state index in [1.165, 1.54) is 5.56 Å². The van der Waals surface area contributed by atoms with E-state index < -0.39 is 0 Å². The average molecular weight is 222 g/mol. The topological polar surface area (TPSA) is 76.4 Å². The molecule has 1 rings (SSSR count). The van der Waals surface area contributed by atoms with Gasteiger partial charge >= 0.3 is 0 Å². The lowest BCUT2D eigenvalue weighted by Crippen LogP contribution is -2.25. The molecule has 0 aliphatic carbocycles. The molecule has 4 nitrogen and oxygen atoms in total. The third kappa shape index (κ3) is 3.55. The fourth-order valence-electron chi connectivity index (χ4n) is 1.21. The molecule has 0 heterocycles. The summed E-state index contributed by atoms with van der Waals surface area (Å²) in [5.74, 6) is -0.0403. The summed E-state index contributed by atoms with van der Waals surface area (Å²) in [5, 5.41) is 3.25. The molecule has 1 aromatic rings. The molecule has 0 radical (unpaired) electrons. The van der Waals surface area contributed by atoms with Gasteiger partial charge in [0.2, 0.25) is 5.11 Å². The van der Waals surface area contributed by atoms with Gasteiger partial charge in [-0.05, 0) is 30.3 Å². The van der Waals surface area contributed by atoms with Gasteiger partial charge in [-0.15, -0.1) is 0 Å². The number of para-hydroxylation sites is 1. The van der Waals surface area contributed by atoms with Crippen molar-refractivity contribution in [2.75, 3.05) is 5.32 Å². The van der Waals surface area contributed by atoms with E-state index in [0.29, 0.717) is 0 Å². The van der Waals surface area contributed by atoms with E-state index in [9.17, 15) is 0 Å². The van der Waals surface area contributed by atoms with Gasteiger partial charge < -0.3 is 16.8 Å². The molecule has 0 saturated carbocycles. The van der Waals surface area contributed by atoms with Gasteiger partial charge in [0.1, 0.15) is 0 Å². The normalized spacial score (nSPS) is 9.40. The number of aryl methyl sites for hydroxylation is 1. The molecule has 15 heavy (non-hydrogen) atoms. The van der Waals surface area contributed by atoms with Crippen molar-refractivity contribution < 1.29 is 0 Å². The van der Waals surface area contributed by atoms with Crippen molar-refractivity contribution in [1.82, 2.24) is 0 Å². The van der Waals surface area contributed by atoms with Gasteiger partial charge in [0.25, 0.3) is 0 Å². The van der Waals surface area contributed by atoms with Crippen molar-refractivity contribution in [3.05, 3.63) is 29.8 Å². The van der Waals surface area contributed by atoms with Crippen LogP contribution in [-0.2, 0) is 6.42 Å². The molecular formula is C10H14N4S. The quantitative estimate of drug-likeness (QED) is 0.399. The van der Waals surface area contributed by atoms with Crippen LogP contribution >= 0.6 is 12.2 Å². The molecule has 1 aromatic carbocycles. The Hall–Kier alpha value is -1.62. The van der Waals surface area contributed by atoms with E-state index in [1.807, 2.05) is 24.3 Å². The van der Waals surface area contributed by atoms with E-state index in [-0.39, 0.29) is 11.1 Å². The Bertz CT molecular complexity index is 383. The number of anilines is 1. The first-order chi connectivity index (χ1) is 7.13. The van der Waals surface area contributed by atoms with Crippen molar-refractivity contribution >= 4 is 29.0 Å². The molecule has 0 spiro atoms. The minimum absolute atomic E-state index is 0.0403. The van der Waals surface area contributed by atoms with Gasteiger partial charge in [0.05, 0.1) is 0 Å². The first-order valence-electron chi connectivity index (χ1n) is 4.62. The summed E-state index contributed by atoms with van der Waals surface area (Å²) >= 11 is 4.96. The summed E-state index contributed by atoms with van der Waals surface area (Å²) in [7, 11) is 0. The van der Waals surface area contributed by atoms with Gasteiger partial charge in [-0.3, -0.25) is 0 Å². The van der Waals surface area contributed by atoms with E-state index >= 15 is 0 Å². The third-order valence-electron chi connectivity index (χ3n) is 1.87. The molecule has 5 N–H and O–H groups in total. The average Bonchev–Trinajstić information content (AvgIpc) is 2.17. The lowest BCUT2D eigenvalue weighted by Gasteiger charge is -2.08. The van der Waals surface area contributed by atoms with E-state index in [0.717, 1.165) is 12.1 Å². The maximum atomic E-state index is 5.22. The van der Waals surface area contributed by atoms with Crippen LogP contribution in [0.5, 0.6) is 0 Å². The number of guanidine groups is 1. The third-order valence-corrected chi connectivity index (χ3v) is 2.06. The second-order valence-corrected chi connectivity index (χ2v) is 3.36. The van der Waals surface area contributed by atoms with Gasteiger partial charge in [0, 0.05) is 5.69 Å². The molecular weight excluding hydrogens is 208 g/mol. The van der Waals surface area contributed by atoms with Gasteiger partial charge in [-0.25, -0.2) is 0 Å². The predicted octanol–water partition coefficient (Wildman–Crippen LogP) is 1.22. The minimum atomic E-state index is -0.0403. The number of rotatable bonds is 2. The van der Waals surface area contributed by atoms with Crippen LogP contribution in [0.3, 0.4) is 0 Å². The molecule has 0 unspecified atom stereocenters. The number of benzene rings is 1. The summed E-state index contributed by atoms with van der Waals surface area (Å²) in [5.41, 5.74) is 12.5. The lowest BCUT2D eigenvalue weighted by molar-refractivity contribution is 1.14. The Balaban J connectivity index is 2.80. The largest absolute Gasteiger partial charge is 0.370 e. The second kappa shape index (κ2) is 5.31. The minimum Gasteiger partial charge on any atom is -0.370 e. The van der Waals surface area contributed by atoms with Crippen LogP contribution in [0.2, 0.25) is 0 Å². The van der Waals surface area contributed by atoms with Crippen LogP contribution in [-0.4, -0.2) is 11.1 Å². The highest BCUT2D eigenvalue weighted by Crippen LogP contribution is 2.15. The number of thiocarbonyl (C=S) groups is 1. The Morgan fingerprint density at radius 1 is 1.40 bits per heavy atom. The second-order valence-electron chi connectivity index (χ2n) is 2.98. The molecule has 0 aliphatic heterocycles. The van der Waals surface area contributed by atoms with Crippen molar-refractivity contribution in [1.29, 1.82) is 0 Å². The molecule has 0 amide bonds. The highest BCUT2D eigenvalue weighted by atomic mass is 32.1. The van der Waals surface area contributed by atoms with E-state index in [4.69, 9.17) is 23.7 Å². The molecule has 0 bridgehead atoms. The van der Waals surface area contributed by atoms with Gasteiger partial charge in [-0.1, -0.05) is 25.1 Å². The molecule has 80 valence electrons. The highest BCUT2D eigenvalue weighted by molar-refractivity contribution is 7.80. The molecule has 0 aromatic heterocycles. The summed E-state index contributed by atoms with van der Waals surface area (Å²) in [6.45, 7) is 2.07. The van der Waals surface area contributed by atoms with Gasteiger partial charge in [0.15, 0.2) is 5.96 Å². The summed E-state index contributed by atoms with van der Waals surface area (Å²) in [6.07, 6.45) is 0.924. The zero-order valence-corrected chi connectivity index (χ0v) is 9.34. The first-order valence-corrected chi connectivity index (χ1v) is 5.02. The number of hydrogen-bond donors (Lipinski definition) is 3. The predicted molar refractivity (Wildman–Crippen MR) is 67.9 cm³/mol. The zero-order chi connectivity index (χ0) is 11.3. The Morgan fingerprint density at radius 3 is 2.67 bits per heavy atom. The SMILES string of the molecule is CCc1ccccc1NC(=S)N=C(N)N. The van der Waals surface area contributed by atoms with E-state index in [2.05, 4.69) is 17.2 Å². The first kappa shape index (κ1) is 11.5. The van der Waals surface area contributed by atoms with E-state index in [1.54, 1.807) is 0 Å². The summed E-state index contributed by atoms with van der Waals surface area (Å²) < 4.78 is 0. The number of nitrogens with one attached hydrogen (secondary N) is 1. The van der Waals surface area contributed by atoms with Crippen LogP contribution in [0.25, 0.3) is 0 Å². The monoisotopic (exact) mass is 222 g/mol. The zero-order valence-electron chi connectivity index (χ0n) is 8.53. The Labute approximate surface area is 94.4 Å². The van der Waals surface area contributed by atoms with Crippen LogP contribution < -0.4 is 16.8 Å². The molecule has 0 aliphatic rings. The summed E-state index contributed by atoms with van der Waals surface area (Å²) in [6, 6.07) is 7.88. The van der Waals surface area contributed by atoms with Crippen molar-refractivity contribution in [3.8, 4) is 0 Å².